The Morgan fingerprint density at radius 3 is 2.68 bits per heavy atom. The number of fused-ring (bicyclic) bond motifs is 1. The number of nitrogen functional groups attached to an aromatic ring is 1. The predicted octanol–water partition coefficient (Wildman–Crippen LogP) is 3.67. The lowest BCUT2D eigenvalue weighted by molar-refractivity contribution is 0.629. The standard InChI is InChI=1S/C14H9ClFN3/c15-9-3-1-2-8(6-9)14-18-12-5-4-10(16)7-11(12)13(17)19-14/h1-7H,(H2,17,18,19). The number of hydrogen-bond acceptors (Lipinski definition) is 3. The molecule has 3 aromatic rings. The van der Waals surface area contributed by atoms with Gasteiger partial charge in [-0.25, -0.2) is 14.4 Å². The summed E-state index contributed by atoms with van der Waals surface area (Å²) < 4.78 is 13.2. The van der Waals surface area contributed by atoms with Crippen molar-refractivity contribution in [1.82, 2.24) is 9.97 Å². The molecule has 19 heavy (non-hydrogen) atoms. The number of aromatic nitrogens is 2. The van der Waals surface area contributed by atoms with Crippen LogP contribution in [0.1, 0.15) is 0 Å². The molecule has 0 saturated carbocycles. The van der Waals surface area contributed by atoms with E-state index in [9.17, 15) is 4.39 Å². The number of nitrogens with two attached hydrogens (primary N) is 1. The molecular weight excluding hydrogens is 265 g/mol. The van der Waals surface area contributed by atoms with E-state index >= 15 is 0 Å². The molecule has 0 amide bonds. The van der Waals surface area contributed by atoms with Gasteiger partial charge >= 0.3 is 0 Å². The van der Waals surface area contributed by atoms with Crippen molar-refractivity contribution in [3.63, 3.8) is 0 Å². The first kappa shape index (κ1) is 11.9. The van der Waals surface area contributed by atoms with Crippen LogP contribution in [0.5, 0.6) is 0 Å². The average Bonchev–Trinajstić information content (AvgIpc) is 2.39. The second kappa shape index (κ2) is 4.48. The molecule has 0 atom stereocenters. The zero-order valence-corrected chi connectivity index (χ0v) is 10.5. The number of nitrogens with zero attached hydrogens (tertiary/aromatic N) is 2. The van der Waals surface area contributed by atoms with Crippen LogP contribution in [0.15, 0.2) is 42.5 Å². The van der Waals surface area contributed by atoms with E-state index in [0.717, 1.165) is 5.56 Å². The average molecular weight is 274 g/mol. The third-order valence-corrected chi connectivity index (χ3v) is 3.01. The molecule has 94 valence electrons. The summed E-state index contributed by atoms with van der Waals surface area (Å²) in [5.74, 6) is 0.358. The van der Waals surface area contributed by atoms with E-state index in [1.807, 2.05) is 12.1 Å². The minimum absolute atomic E-state index is 0.250. The molecule has 1 aromatic heterocycles. The Balaban J connectivity index is 2.24. The van der Waals surface area contributed by atoms with Gasteiger partial charge in [-0.1, -0.05) is 23.7 Å². The molecule has 1 heterocycles. The van der Waals surface area contributed by atoms with Gasteiger partial charge in [-0.2, -0.15) is 0 Å². The van der Waals surface area contributed by atoms with Crippen LogP contribution in [0, 0.1) is 5.82 Å². The molecule has 0 aliphatic rings. The first-order valence-corrected chi connectivity index (χ1v) is 6.00. The third-order valence-electron chi connectivity index (χ3n) is 2.77. The summed E-state index contributed by atoms with van der Waals surface area (Å²) in [7, 11) is 0. The van der Waals surface area contributed by atoms with Gasteiger partial charge < -0.3 is 5.73 Å². The van der Waals surface area contributed by atoms with Crippen molar-refractivity contribution < 1.29 is 4.39 Å². The Morgan fingerprint density at radius 1 is 1.05 bits per heavy atom. The van der Waals surface area contributed by atoms with Gasteiger partial charge in [-0.3, -0.25) is 0 Å². The molecule has 0 fully saturated rings. The van der Waals surface area contributed by atoms with E-state index in [4.69, 9.17) is 17.3 Å². The van der Waals surface area contributed by atoms with Crippen molar-refractivity contribution in [2.75, 3.05) is 5.73 Å². The van der Waals surface area contributed by atoms with Crippen molar-refractivity contribution in [2.45, 2.75) is 0 Å². The Kier molecular flexibility index (Phi) is 2.80. The highest BCUT2D eigenvalue weighted by molar-refractivity contribution is 6.30. The molecule has 0 radical (unpaired) electrons. The largest absolute Gasteiger partial charge is 0.383 e. The van der Waals surface area contributed by atoms with Gasteiger partial charge in [0.15, 0.2) is 5.82 Å². The molecule has 0 aliphatic carbocycles. The normalized spacial score (nSPS) is 10.8. The van der Waals surface area contributed by atoms with Gasteiger partial charge in [-0.05, 0) is 30.3 Å². The summed E-state index contributed by atoms with van der Waals surface area (Å²) in [5.41, 5.74) is 7.22. The van der Waals surface area contributed by atoms with Crippen LogP contribution < -0.4 is 5.73 Å². The molecule has 0 saturated heterocycles. The van der Waals surface area contributed by atoms with Crippen LogP contribution in [0.25, 0.3) is 22.3 Å². The van der Waals surface area contributed by atoms with E-state index in [1.165, 1.54) is 12.1 Å². The Bertz CT molecular complexity index is 774. The second-order valence-electron chi connectivity index (χ2n) is 4.10. The quantitative estimate of drug-likeness (QED) is 0.736. The monoisotopic (exact) mass is 273 g/mol. The van der Waals surface area contributed by atoms with Gasteiger partial charge in [0.05, 0.1) is 5.52 Å². The van der Waals surface area contributed by atoms with E-state index in [0.29, 0.717) is 21.7 Å². The first-order chi connectivity index (χ1) is 9.13. The molecule has 5 heteroatoms. The summed E-state index contributed by atoms with van der Waals surface area (Å²) in [6, 6.07) is 11.4. The number of rotatable bonds is 1. The van der Waals surface area contributed by atoms with Crippen molar-refractivity contribution in [3.05, 3.63) is 53.3 Å². The van der Waals surface area contributed by atoms with Gasteiger partial charge in [0.1, 0.15) is 11.6 Å². The van der Waals surface area contributed by atoms with Crippen LogP contribution in [-0.4, -0.2) is 9.97 Å². The first-order valence-electron chi connectivity index (χ1n) is 5.62. The van der Waals surface area contributed by atoms with Crippen LogP contribution in [0.4, 0.5) is 10.2 Å². The fourth-order valence-electron chi connectivity index (χ4n) is 1.88. The Hall–Kier alpha value is -2.20. The highest BCUT2D eigenvalue weighted by Gasteiger charge is 2.08. The minimum atomic E-state index is -0.363. The lowest BCUT2D eigenvalue weighted by atomic mass is 10.2. The summed E-state index contributed by atoms with van der Waals surface area (Å²) in [6.07, 6.45) is 0. The Morgan fingerprint density at radius 2 is 1.89 bits per heavy atom. The van der Waals surface area contributed by atoms with E-state index < -0.39 is 0 Å². The minimum Gasteiger partial charge on any atom is -0.383 e. The lowest BCUT2D eigenvalue weighted by Gasteiger charge is -2.06. The fraction of sp³-hybridized carbons (Fsp3) is 0. The summed E-state index contributed by atoms with van der Waals surface area (Å²) in [4.78, 5) is 8.57. The zero-order chi connectivity index (χ0) is 13.4. The highest BCUT2D eigenvalue weighted by atomic mass is 35.5. The van der Waals surface area contributed by atoms with E-state index in [2.05, 4.69) is 9.97 Å². The third kappa shape index (κ3) is 2.22. The van der Waals surface area contributed by atoms with E-state index in [-0.39, 0.29) is 11.6 Å². The molecule has 0 unspecified atom stereocenters. The maximum atomic E-state index is 13.2. The van der Waals surface area contributed by atoms with Gasteiger partial charge in [-0.15, -0.1) is 0 Å². The predicted molar refractivity (Wildman–Crippen MR) is 74.4 cm³/mol. The summed E-state index contributed by atoms with van der Waals surface area (Å²) in [5, 5.41) is 1.10. The fourth-order valence-corrected chi connectivity index (χ4v) is 2.07. The van der Waals surface area contributed by atoms with E-state index in [1.54, 1.807) is 18.2 Å². The molecule has 0 spiro atoms. The number of halogens is 2. The maximum absolute atomic E-state index is 13.2. The van der Waals surface area contributed by atoms with Crippen LogP contribution in [-0.2, 0) is 0 Å². The number of hydrogen-bond donors (Lipinski definition) is 1. The van der Waals surface area contributed by atoms with Crippen LogP contribution in [0.3, 0.4) is 0 Å². The van der Waals surface area contributed by atoms with Crippen LogP contribution in [0.2, 0.25) is 5.02 Å². The maximum Gasteiger partial charge on any atom is 0.162 e. The smallest absolute Gasteiger partial charge is 0.162 e. The number of anilines is 1. The van der Waals surface area contributed by atoms with Gasteiger partial charge in [0.2, 0.25) is 0 Å². The molecule has 3 rings (SSSR count). The van der Waals surface area contributed by atoms with Gasteiger partial charge in [0, 0.05) is 16.0 Å². The van der Waals surface area contributed by atoms with Crippen molar-refractivity contribution >= 4 is 28.3 Å². The van der Waals surface area contributed by atoms with Crippen LogP contribution >= 0.6 is 11.6 Å². The molecule has 0 bridgehead atoms. The van der Waals surface area contributed by atoms with Crippen molar-refractivity contribution in [1.29, 1.82) is 0 Å². The molecular formula is C14H9ClFN3. The summed E-state index contributed by atoms with van der Waals surface area (Å²) >= 11 is 5.94. The molecule has 0 aliphatic heterocycles. The molecule has 3 nitrogen and oxygen atoms in total. The number of benzene rings is 2. The highest BCUT2D eigenvalue weighted by Crippen LogP contribution is 2.25. The van der Waals surface area contributed by atoms with Crippen molar-refractivity contribution in [2.24, 2.45) is 0 Å². The molecule has 2 N–H and O–H groups in total. The molecule has 2 aromatic carbocycles. The SMILES string of the molecule is Nc1nc(-c2cccc(Cl)c2)nc2ccc(F)cc12. The second-order valence-corrected chi connectivity index (χ2v) is 4.54. The van der Waals surface area contributed by atoms with Crippen molar-refractivity contribution in [3.8, 4) is 11.4 Å². The topological polar surface area (TPSA) is 51.8 Å². The summed E-state index contributed by atoms with van der Waals surface area (Å²) in [6.45, 7) is 0. The lowest BCUT2D eigenvalue weighted by Crippen LogP contribution is -1.98. The van der Waals surface area contributed by atoms with Gasteiger partial charge in [0.25, 0.3) is 0 Å². The zero-order valence-electron chi connectivity index (χ0n) is 9.77. The Labute approximate surface area is 113 Å².